The molecule has 1 aromatic carbocycles. The van der Waals surface area contributed by atoms with Gasteiger partial charge in [0.15, 0.2) is 0 Å². The molecule has 100 valence electrons. The van der Waals surface area contributed by atoms with Crippen LogP contribution in [0.4, 0.5) is 0 Å². The molecule has 3 nitrogen and oxygen atoms in total. The highest BCUT2D eigenvalue weighted by atomic mass is 15.3. The molecular formula is C15H25N3. The second kappa shape index (κ2) is 5.39. The Labute approximate surface area is 111 Å². The van der Waals surface area contributed by atoms with Crippen molar-refractivity contribution in [3.05, 3.63) is 35.4 Å². The fraction of sp³-hybridized carbons (Fsp3) is 0.600. The zero-order valence-electron chi connectivity index (χ0n) is 11.8. The maximum atomic E-state index is 6.53. The van der Waals surface area contributed by atoms with Crippen LogP contribution in [0.5, 0.6) is 0 Å². The van der Waals surface area contributed by atoms with Gasteiger partial charge in [0.1, 0.15) is 0 Å². The van der Waals surface area contributed by atoms with Crippen LogP contribution in [0, 0.1) is 6.92 Å². The van der Waals surface area contributed by atoms with Crippen LogP contribution in [0.1, 0.15) is 18.1 Å². The minimum Gasteiger partial charge on any atom is -0.313 e. The summed E-state index contributed by atoms with van der Waals surface area (Å²) in [5, 5.41) is 0. The summed E-state index contributed by atoms with van der Waals surface area (Å²) in [4.78, 5) is 4.77. The molecule has 0 saturated carbocycles. The Morgan fingerprint density at radius 2 is 1.89 bits per heavy atom. The third-order valence-corrected chi connectivity index (χ3v) is 3.87. The normalized spacial score (nSPS) is 21.8. The van der Waals surface area contributed by atoms with E-state index in [2.05, 4.69) is 55.0 Å². The van der Waals surface area contributed by atoms with E-state index in [1.807, 2.05) is 0 Å². The van der Waals surface area contributed by atoms with Crippen molar-refractivity contribution < 1.29 is 0 Å². The molecule has 1 fully saturated rings. The standard InChI is InChI=1S/C15H25N3/c1-13-5-4-6-14(11-13)12-15(2,16)18-9-7-17(3)8-10-18/h4-6,11H,7-10,12,16H2,1-3H3. The molecule has 1 aromatic rings. The molecule has 1 atom stereocenters. The second-order valence-corrected chi connectivity index (χ2v) is 5.81. The first-order chi connectivity index (χ1) is 8.47. The van der Waals surface area contributed by atoms with Gasteiger partial charge in [-0.15, -0.1) is 0 Å². The van der Waals surface area contributed by atoms with E-state index in [1.165, 1.54) is 11.1 Å². The summed E-state index contributed by atoms with van der Waals surface area (Å²) < 4.78 is 0. The van der Waals surface area contributed by atoms with Crippen LogP contribution in [-0.4, -0.2) is 48.7 Å². The third-order valence-electron chi connectivity index (χ3n) is 3.87. The van der Waals surface area contributed by atoms with E-state index in [0.29, 0.717) is 0 Å². The molecular weight excluding hydrogens is 222 g/mol. The third kappa shape index (κ3) is 3.31. The van der Waals surface area contributed by atoms with Crippen LogP contribution in [0.2, 0.25) is 0 Å². The maximum Gasteiger partial charge on any atom is 0.0700 e. The molecule has 0 radical (unpaired) electrons. The molecule has 18 heavy (non-hydrogen) atoms. The lowest BCUT2D eigenvalue weighted by molar-refractivity contribution is 0.0546. The molecule has 0 aromatic heterocycles. The Hall–Kier alpha value is -0.900. The van der Waals surface area contributed by atoms with Gasteiger partial charge in [-0.2, -0.15) is 0 Å². The Morgan fingerprint density at radius 1 is 1.22 bits per heavy atom. The van der Waals surface area contributed by atoms with Crippen molar-refractivity contribution in [2.45, 2.75) is 25.9 Å². The van der Waals surface area contributed by atoms with Gasteiger partial charge >= 0.3 is 0 Å². The average molecular weight is 247 g/mol. The van der Waals surface area contributed by atoms with E-state index in [9.17, 15) is 0 Å². The van der Waals surface area contributed by atoms with Crippen LogP contribution in [0.15, 0.2) is 24.3 Å². The number of hydrogen-bond donors (Lipinski definition) is 1. The smallest absolute Gasteiger partial charge is 0.0700 e. The van der Waals surface area contributed by atoms with Gasteiger partial charge < -0.3 is 10.6 Å². The van der Waals surface area contributed by atoms with Gasteiger partial charge in [-0.3, -0.25) is 4.90 Å². The number of rotatable bonds is 3. The Kier molecular flexibility index (Phi) is 4.05. The molecule has 1 aliphatic rings. The first-order valence-electron chi connectivity index (χ1n) is 6.75. The average Bonchev–Trinajstić information content (AvgIpc) is 2.29. The van der Waals surface area contributed by atoms with Gasteiger partial charge in [0.2, 0.25) is 0 Å². The first kappa shape index (κ1) is 13.5. The van der Waals surface area contributed by atoms with E-state index in [4.69, 9.17) is 5.73 Å². The van der Waals surface area contributed by atoms with Gasteiger partial charge in [0.05, 0.1) is 5.66 Å². The van der Waals surface area contributed by atoms with Gasteiger partial charge in [-0.05, 0) is 26.5 Å². The summed E-state index contributed by atoms with van der Waals surface area (Å²) in [5.41, 5.74) is 8.92. The minimum atomic E-state index is -0.241. The number of nitrogens with two attached hydrogens (primary N) is 1. The van der Waals surface area contributed by atoms with Crippen LogP contribution >= 0.6 is 0 Å². The zero-order valence-corrected chi connectivity index (χ0v) is 11.8. The topological polar surface area (TPSA) is 32.5 Å². The number of piperazine rings is 1. The second-order valence-electron chi connectivity index (χ2n) is 5.81. The van der Waals surface area contributed by atoms with Crippen molar-refractivity contribution in [2.75, 3.05) is 33.2 Å². The Morgan fingerprint density at radius 3 is 2.50 bits per heavy atom. The molecule has 2 rings (SSSR count). The number of likely N-dealkylation sites (N-methyl/N-ethyl adjacent to an activating group) is 1. The number of aryl methyl sites for hydroxylation is 1. The van der Waals surface area contributed by atoms with E-state index in [1.54, 1.807) is 0 Å². The quantitative estimate of drug-likeness (QED) is 0.878. The van der Waals surface area contributed by atoms with E-state index in [-0.39, 0.29) is 5.66 Å². The molecule has 1 unspecified atom stereocenters. The zero-order chi connectivity index (χ0) is 13.2. The lowest BCUT2D eigenvalue weighted by atomic mass is 9.98. The highest BCUT2D eigenvalue weighted by molar-refractivity contribution is 5.23. The number of benzene rings is 1. The largest absolute Gasteiger partial charge is 0.313 e. The molecule has 1 aliphatic heterocycles. The van der Waals surface area contributed by atoms with Crippen LogP contribution in [-0.2, 0) is 6.42 Å². The van der Waals surface area contributed by atoms with Crippen molar-refractivity contribution in [2.24, 2.45) is 5.73 Å². The van der Waals surface area contributed by atoms with Crippen LogP contribution in [0.25, 0.3) is 0 Å². The van der Waals surface area contributed by atoms with Crippen molar-refractivity contribution in [3.8, 4) is 0 Å². The Bertz CT molecular complexity index is 392. The lowest BCUT2D eigenvalue weighted by Gasteiger charge is -2.43. The maximum absolute atomic E-state index is 6.53. The van der Waals surface area contributed by atoms with Gasteiger partial charge in [-0.25, -0.2) is 0 Å². The highest BCUT2D eigenvalue weighted by Gasteiger charge is 2.29. The van der Waals surface area contributed by atoms with Crippen molar-refractivity contribution in [1.29, 1.82) is 0 Å². The summed E-state index contributed by atoms with van der Waals surface area (Å²) in [6.45, 7) is 8.64. The van der Waals surface area contributed by atoms with E-state index in [0.717, 1.165) is 32.6 Å². The molecule has 0 bridgehead atoms. The molecule has 0 amide bonds. The van der Waals surface area contributed by atoms with Crippen LogP contribution in [0.3, 0.4) is 0 Å². The number of hydrogen-bond acceptors (Lipinski definition) is 3. The van der Waals surface area contributed by atoms with Gasteiger partial charge in [0.25, 0.3) is 0 Å². The first-order valence-corrected chi connectivity index (χ1v) is 6.75. The summed E-state index contributed by atoms with van der Waals surface area (Å²) in [7, 11) is 2.17. The van der Waals surface area contributed by atoms with Gasteiger partial charge in [0, 0.05) is 32.6 Å². The predicted octanol–water partition coefficient (Wildman–Crippen LogP) is 1.46. The lowest BCUT2D eigenvalue weighted by Crippen LogP contribution is -2.60. The minimum absolute atomic E-state index is 0.241. The molecule has 1 saturated heterocycles. The fourth-order valence-electron chi connectivity index (χ4n) is 2.66. The van der Waals surface area contributed by atoms with E-state index < -0.39 is 0 Å². The van der Waals surface area contributed by atoms with Crippen molar-refractivity contribution in [1.82, 2.24) is 9.80 Å². The molecule has 2 N–H and O–H groups in total. The summed E-state index contributed by atoms with van der Waals surface area (Å²) in [6.07, 6.45) is 0.915. The number of nitrogens with zero attached hydrogens (tertiary/aromatic N) is 2. The van der Waals surface area contributed by atoms with Crippen molar-refractivity contribution in [3.63, 3.8) is 0 Å². The highest BCUT2D eigenvalue weighted by Crippen LogP contribution is 2.18. The predicted molar refractivity (Wildman–Crippen MR) is 76.5 cm³/mol. The summed E-state index contributed by atoms with van der Waals surface area (Å²) >= 11 is 0. The summed E-state index contributed by atoms with van der Waals surface area (Å²) in [6, 6.07) is 8.66. The molecule has 3 heteroatoms. The fourth-order valence-corrected chi connectivity index (χ4v) is 2.66. The van der Waals surface area contributed by atoms with E-state index >= 15 is 0 Å². The SMILES string of the molecule is Cc1cccc(CC(C)(N)N2CCN(C)CC2)c1. The molecule has 1 heterocycles. The molecule has 0 spiro atoms. The summed E-state index contributed by atoms with van der Waals surface area (Å²) in [5.74, 6) is 0. The van der Waals surface area contributed by atoms with Crippen LogP contribution < -0.4 is 5.73 Å². The van der Waals surface area contributed by atoms with Gasteiger partial charge in [-0.1, -0.05) is 29.8 Å². The van der Waals surface area contributed by atoms with Crippen molar-refractivity contribution >= 4 is 0 Å². The molecule has 0 aliphatic carbocycles. The Balaban J connectivity index is 2.02. The monoisotopic (exact) mass is 247 g/mol.